The third-order valence-electron chi connectivity index (χ3n) is 3.66. The molecule has 0 spiro atoms. The molecular formula is C14H17N3O4. The average molecular weight is 291 g/mol. The number of carboxylic acid groups (broad SMARTS) is 1. The zero-order valence-electron chi connectivity index (χ0n) is 11.4. The van der Waals surface area contributed by atoms with Crippen LogP contribution in [0.25, 0.3) is 0 Å². The smallest absolute Gasteiger partial charge is 0.307 e. The monoisotopic (exact) mass is 291 g/mol. The molecule has 0 unspecified atom stereocenters. The molecule has 1 aliphatic rings. The van der Waals surface area contributed by atoms with Gasteiger partial charge in [0, 0.05) is 18.0 Å². The molecule has 0 aliphatic heterocycles. The van der Waals surface area contributed by atoms with E-state index in [2.05, 4.69) is 15.8 Å². The van der Waals surface area contributed by atoms with Crippen molar-refractivity contribution in [2.24, 2.45) is 11.8 Å². The van der Waals surface area contributed by atoms with Crippen molar-refractivity contribution in [1.82, 2.24) is 15.8 Å². The van der Waals surface area contributed by atoms with Crippen molar-refractivity contribution in [3.05, 3.63) is 30.1 Å². The van der Waals surface area contributed by atoms with Gasteiger partial charge in [0.25, 0.3) is 5.91 Å². The summed E-state index contributed by atoms with van der Waals surface area (Å²) in [4.78, 5) is 38.8. The first-order valence-electron chi connectivity index (χ1n) is 6.82. The van der Waals surface area contributed by atoms with Crippen molar-refractivity contribution in [1.29, 1.82) is 0 Å². The minimum atomic E-state index is -0.963. The van der Waals surface area contributed by atoms with Gasteiger partial charge in [0.15, 0.2) is 0 Å². The Hall–Kier alpha value is -2.44. The van der Waals surface area contributed by atoms with E-state index in [1.54, 1.807) is 0 Å². The predicted octanol–water partition coefficient (Wildman–Crippen LogP) is 0.734. The summed E-state index contributed by atoms with van der Waals surface area (Å²) in [5.74, 6) is -3.17. The van der Waals surface area contributed by atoms with Crippen molar-refractivity contribution in [3.63, 3.8) is 0 Å². The van der Waals surface area contributed by atoms with Crippen molar-refractivity contribution in [2.75, 3.05) is 0 Å². The van der Waals surface area contributed by atoms with Crippen LogP contribution < -0.4 is 10.9 Å². The van der Waals surface area contributed by atoms with Crippen LogP contribution in [0.15, 0.2) is 24.5 Å². The van der Waals surface area contributed by atoms with Gasteiger partial charge in [-0.05, 0) is 25.0 Å². The van der Waals surface area contributed by atoms with Crippen LogP contribution in [0.3, 0.4) is 0 Å². The van der Waals surface area contributed by atoms with Crippen molar-refractivity contribution in [3.8, 4) is 0 Å². The first-order valence-corrected chi connectivity index (χ1v) is 6.82. The van der Waals surface area contributed by atoms with Crippen molar-refractivity contribution >= 4 is 17.8 Å². The van der Waals surface area contributed by atoms with E-state index in [9.17, 15) is 14.4 Å². The van der Waals surface area contributed by atoms with E-state index in [-0.39, 0.29) is 0 Å². The third-order valence-corrected chi connectivity index (χ3v) is 3.66. The number of hydrogen-bond donors (Lipinski definition) is 3. The highest BCUT2D eigenvalue weighted by atomic mass is 16.4. The van der Waals surface area contributed by atoms with Gasteiger partial charge in [0.05, 0.1) is 11.8 Å². The van der Waals surface area contributed by atoms with Crippen LogP contribution in [0.4, 0.5) is 0 Å². The van der Waals surface area contributed by atoms with E-state index in [4.69, 9.17) is 5.11 Å². The summed E-state index contributed by atoms with van der Waals surface area (Å²) in [5, 5.41) is 9.14. The minimum absolute atomic E-state index is 0.365. The molecule has 1 heterocycles. The summed E-state index contributed by atoms with van der Waals surface area (Å²) >= 11 is 0. The SMILES string of the molecule is O=C(NNC(=O)[C@@H]1CCCC[C@@H]1C(=O)O)c1ccncc1. The molecule has 1 aromatic rings. The normalized spacial score (nSPS) is 21.3. The number of carbonyl (C=O) groups excluding carboxylic acids is 2. The van der Waals surface area contributed by atoms with Crippen molar-refractivity contribution in [2.45, 2.75) is 25.7 Å². The highest BCUT2D eigenvalue weighted by Crippen LogP contribution is 2.30. The Balaban J connectivity index is 1.92. The summed E-state index contributed by atoms with van der Waals surface area (Å²) in [6.45, 7) is 0. The van der Waals surface area contributed by atoms with E-state index in [1.165, 1.54) is 24.5 Å². The van der Waals surface area contributed by atoms with E-state index in [0.717, 1.165) is 12.8 Å². The number of pyridine rings is 1. The second kappa shape index (κ2) is 6.83. The van der Waals surface area contributed by atoms with Crippen LogP contribution in [0.1, 0.15) is 36.0 Å². The van der Waals surface area contributed by atoms with Crippen LogP contribution in [-0.4, -0.2) is 27.9 Å². The van der Waals surface area contributed by atoms with E-state index >= 15 is 0 Å². The molecule has 1 saturated carbocycles. The lowest BCUT2D eigenvalue weighted by Gasteiger charge is -2.27. The standard InChI is InChI=1S/C14H17N3O4/c18-12(9-5-7-15-8-6-9)16-17-13(19)10-3-1-2-4-11(10)14(20)21/h5-8,10-11H,1-4H2,(H,16,18)(H,17,19)(H,20,21)/t10-,11+/m1/s1. The molecule has 0 bridgehead atoms. The molecule has 1 aromatic heterocycles. The number of carboxylic acids is 1. The Labute approximate surface area is 121 Å². The number of amides is 2. The van der Waals surface area contributed by atoms with Crippen LogP contribution >= 0.6 is 0 Å². The van der Waals surface area contributed by atoms with Gasteiger partial charge in [-0.15, -0.1) is 0 Å². The van der Waals surface area contributed by atoms with Gasteiger partial charge in [0.2, 0.25) is 5.91 Å². The predicted molar refractivity (Wildman–Crippen MR) is 72.9 cm³/mol. The molecule has 21 heavy (non-hydrogen) atoms. The average Bonchev–Trinajstić information content (AvgIpc) is 2.53. The number of nitrogens with one attached hydrogen (secondary N) is 2. The molecule has 0 radical (unpaired) electrons. The molecule has 2 atom stereocenters. The van der Waals surface area contributed by atoms with Crippen molar-refractivity contribution < 1.29 is 19.5 Å². The first kappa shape index (κ1) is 15.0. The fraction of sp³-hybridized carbons (Fsp3) is 0.429. The molecule has 2 rings (SSSR count). The zero-order valence-corrected chi connectivity index (χ0v) is 11.4. The second-order valence-corrected chi connectivity index (χ2v) is 5.01. The first-order chi connectivity index (χ1) is 10.1. The molecular weight excluding hydrogens is 274 g/mol. The number of aromatic nitrogens is 1. The number of nitrogens with zero attached hydrogens (tertiary/aromatic N) is 1. The Morgan fingerprint density at radius 1 is 1.05 bits per heavy atom. The fourth-order valence-electron chi connectivity index (χ4n) is 2.53. The highest BCUT2D eigenvalue weighted by Gasteiger charge is 2.35. The van der Waals surface area contributed by atoms with Crippen LogP contribution in [0.5, 0.6) is 0 Å². The van der Waals surface area contributed by atoms with Crippen LogP contribution in [0, 0.1) is 11.8 Å². The quantitative estimate of drug-likeness (QED) is 0.712. The maximum atomic E-state index is 12.0. The minimum Gasteiger partial charge on any atom is -0.481 e. The molecule has 3 N–H and O–H groups in total. The lowest BCUT2D eigenvalue weighted by molar-refractivity contribution is -0.149. The van der Waals surface area contributed by atoms with E-state index in [1.807, 2.05) is 0 Å². The van der Waals surface area contributed by atoms with Crippen LogP contribution in [-0.2, 0) is 9.59 Å². The van der Waals surface area contributed by atoms with Gasteiger partial charge in [-0.25, -0.2) is 0 Å². The molecule has 2 amide bonds. The van der Waals surface area contributed by atoms with Gasteiger partial charge in [0.1, 0.15) is 0 Å². The number of rotatable bonds is 3. The van der Waals surface area contributed by atoms with E-state index in [0.29, 0.717) is 18.4 Å². The summed E-state index contributed by atoms with van der Waals surface area (Å²) in [5.41, 5.74) is 4.97. The maximum Gasteiger partial charge on any atom is 0.307 e. The maximum absolute atomic E-state index is 12.0. The molecule has 1 aliphatic carbocycles. The summed E-state index contributed by atoms with van der Waals surface area (Å²) in [6, 6.07) is 3.03. The number of hydrogen-bond acceptors (Lipinski definition) is 4. The second-order valence-electron chi connectivity index (χ2n) is 5.01. The van der Waals surface area contributed by atoms with Gasteiger partial charge < -0.3 is 5.11 Å². The molecule has 7 heteroatoms. The van der Waals surface area contributed by atoms with Gasteiger partial charge >= 0.3 is 5.97 Å². The number of carbonyl (C=O) groups is 3. The summed E-state index contributed by atoms with van der Waals surface area (Å²) in [7, 11) is 0. The fourth-order valence-corrected chi connectivity index (χ4v) is 2.53. The molecule has 0 saturated heterocycles. The summed E-state index contributed by atoms with van der Waals surface area (Å²) < 4.78 is 0. The van der Waals surface area contributed by atoms with Crippen LogP contribution in [0.2, 0.25) is 0 Å². The highest BCUT2D eigenvalue weighted by molar-refractivity contribution is 5.95. The number of hydrazine groups is 1. The largest absolute Gasteiger partial charge is 0.481 e. The Morgan fingerprint density at radius 2 is 1.67 bits per heavy atom. The lowest BCUT2D eigenvalue weighted by atomic mass is 9.79. The van der Waals surface area contributed by atoms with Gasteiger partial charge in [-0.2, -0.15) is 0 Å². The Bertz CT molecular complexity index is 532. The number of aliphatic carboxylic acids is 1. The Kier molecular flexibility index (Phi) is 4.86. The Morgan fingerprint density at radius 3 is 2.29 bits per heavy atom. The molecule has 7 nitrogen and oxygen atoms in total. The topological polar surface area (TPSA) is 108 Å². The van der Waals surface area contributed by atoms with Gasteiger partial charge in [-0.3, -0.25) is 30.2 Å². The molecule has 1 fully saturated rings. The van der Waals surface area contributed by atoms with E-state index < -0.39 is 29.6 Å². The molecule has 112 valence electrons. The summed E-state index contributed by atoms with van der Waals surface area (Å²) in [6.07, 6.45) is 5.58. The molecule has 0 aromatic carbocycles. The lowest BCUT2D eigenvalue weighted by Crippen LogP contribution is -2.47. The third kappa shape index (κ3) is 3.77. The zero-order chi connectivity index (χ0) is 15.2. The van der Waals surface area contributed by atoms with Gasteiger partial charge in [-0.1, -0.05) is 12.8 Å².